The summed E-state index contributed by atoms with van der Waals surface area (Å²) in [4.78, 5) is 4.49. The minimum absolute atomic E-state index is 0.119. The molecule has 4 heteroatoms. The van der Waals surface area contributed by atoms with E-state index >= 15 is 0 Å². The first kappa shape index (κ1) is 20.9. The zero-order valence-corrected chi connectivity index (χ0v) is 18.1. The van der Waals surface area contributed by atoms with Crippen molar-refractivity contribution in [1.82, 2.24) is 5.32 Å². The van der Waals surface area contributed by atoms with Crippen molar-refractivity contribution in [3.8, 4) is 0 Å². The van der Waals surface area contributed by atoms with Crippen LogP contribution in [0.25, 0.3) is 0 Å². The van der Waals surface area contributed by atoms with Crippen LogP contribution in [-0.4, -0.2) is 24.8 Å². The van der Waals surface area contributed by atoms with E-state index in [1.165, 1.54) is 33.4 Å². The maximum Gasteiger partial charge on any atom is 0.128 e. The van der Waals surface area contributed by atoms with Crippen LogP contribution < -0.4 is 11.1 Å². The molecule has 0 bridgehead atoms. The van der Waals surface area contributed by atoms with Gasteiger partial charge < -0.3 is 11.1 Å². The van der Waals surface area contributed by atoms with Gasteiger partial charge in [0.1, 0.15) is 11.7 Å². The van der Waals surface area contributed by atoms with Gasteiger partial charge in [-0.3, -0.25) is 10.4 Å². The maximum atomic E-state index is 7.51. The van der Waals surface area contributed by atoms with E-state index < -0.39 is 0 Å². The fourth-order valence-corrected chi connectivity index (χ4v) is 4.09. The maximum absolute atomic E-state index is 7.51. The largest absolute Gasteiger partial charge is 0.384 e. The molecule has 4 rings (SSSR count). The molecule has 0 radical (unpaired) electrons. The van der Waals surface area contributed by atoms with Crippen molar-refractivity contribution in [2.24, 2.45) is 10.7 Å². The van der Waals surface area contributed by atoms with Gasteiger partial charge in [0, 0.05) is 17.7 Å². The number of nitrogen functional groups attached to an aromatic ring is 1. The molecule has 0 amide bonds. The fraction of sp³-hybridized carbons (Fsp3) is 0.259. The van der Waals surface area contributed by atoms with Crippen LogP contribution in [0.15, 0.2) is 71.7 Å². The average Bonchev–Trinajstić information content (AvgIpc) is 3.32. The van der Waals surface area contributed by atoms with E-state index in [2.05, 4.69) is 71.8 Å². The number of benzene rings is 3. The van der Waals surface area contributed by atoms with Crippen LogP contribution in [0.2, 0.25) is 0 Å². The van der Waals surface area contributed by atoms with Crippen LogP contribution in [0, 0.1) is 12.3 Å². The number of hydrogen-bond acceptors (Lipinski definition) is 3. The lowest BCUT2D eigenvalue weighted by atomic mass is 9.96. The van der Waals surface area contributed by atoms with Crippen molar-refractivity contribution in [3.05, 3.63) is 106 Å². The van der Waals surface area contributed by atoms with Crippen molar-refractivity contribution >= 4 is 11.7 Å². The summed E-state index contributed by atoms with van der Waals surface area (Å²) in [6.45, 7) is 3.99. The lowest BCUT2D eigenvalue weighted by Crippen LogP contribution is -2.19. The molecule has 158 valence electrons. The van der Waals surface area contributed by atoms with E-state index in [1.807, 2.05) is 12.1 Å². The predicted octanol–water partition coefficient (Wildman–Crippen LogP) is 4.20. The smallest absolute Gasteiger partial charge is 0.128 e. The molecule has 3 aromatic carbocycles. The number of aryl methyl sites for hydroxylation is 5. The van der Waals surface area contributed by atoms with Gasteiger partial charge >= 0.3 is 0 Å². The number of nitrogens with two attached hydrogens (primary N) is 1. The molecule has 0 atom stereocenters. The van der Waals surface area contributed by atoms with Crippen LogP contribution in [0.4, 0.5) is 0 Å². The van der Waals surface area contributed by atoms with Crippen LogP contribution in [0.1, 0.15) is 38.9 Å². The van der Waals surface area contributed by atoms with Gasteiger partial charge in [0.15, 0.2) is 0 Å². The normalized spacial score (nSPS) is 13.0. The molecule has 0 saturated heterocycles. The lowest BCUT2D eigenvalue weighted by Gasteiger charge is -2.09. The molecule has 31 heavy (non-hydrogen) atoms. The highest BCUT2D eigenvalue weighted by Crippen LogP contribution is 2.16. The second-order valence-electron chi connectivity index (χ2n) is 8.29. The summed E-state index contributed by atoms with van der Waals surface area (Å²) in [5.41, 5.74) is 14.2. The Balaban J connectivity index is 1.35. The van der Waals surface area contributed by atoms with E-state index in [9.17, 15) is 0 Å². The summed E-state index contributed by atoms with van der Waals surface area (Å²) in [6.07, 6.45) is 4.08. The first-order chi connectivity index (χ1) is 15.1. The van der Waals surface area contributed by atoms with Gasteiger partial charge in [-0.1, -0.05) is 72.3 Å². The second-order valence-corrected chi connectivity index (χ2v) is 8.29. The molecule has 1 heterocycles. The zero-order chi connectivity index (χ0) is 21.6. The van der Waals surface area contributed by atoms with Gasteiger partial charge in [-0.2, -0.15) is 0 Å². The van der Waals surface area contributed by atoms with Gasteiger partial charge in [0.05, 0.1) is 6.54 Å². The standard InChI is InChI=1S/C27H30N4/c1-19-16-22(4-2-20-6-10-24(11-7-20)26(28)29)18-23(17-19)5-3-21-8-12-25(13-9-21)27-30-14-15-31-27/h6-13,16-18H,2-5,14-15H2,1H3,(H3,28,29)(H,30,31). The third-order valence-electron chi connectivity index (χ3n) is 5.77. The minimum Gasteiger partial charge on any atom is -0.384 e. The summed E-state index contributed by atoms with van der Waals surface area (Å²) in [5, 5.41) is 10.8. The SMILES string of the molecule is Cc1cc(CCc2ccc(C(=N)N)cc2)cc(CCc2ccc(C3=NCCN3)cc2)c1. The van der Waals surface area contributed by atoms with Crippen molar-refractivity contribution in [2.75, 3.05) is 13.1 Å². The molecule has 0 saturated carbocycles. The Morgan fingerprint density at radius 3 is 1.90 bits per heavy atom. The van der Waals surface area contributed by atoms with E-state index in [4.69, 9.17) is 11.1 Å². The summed E-state index contributed by atoms with van der Waals surface area (Å²) >= 11 is 0. The Bertz CT molecular complexity index is 1080. The van der Waals surface area contributed by atoms with Crippen LogP contribution in [0.3, 0.4) is 0 Å². The first-order valence-electron chi connectivity index (χ1n) is 11.0. The fourth-order valence-electron chi connectivity index (χ4n) is 4.09. The summed E-state index contributed by atoms with van der Waals surface area (Å²) < 4.78 is 0. The minimum atomic E-state index is 0.119. The van der Waals surface area contributed by atoms with Crippen molar-refractivity contribution in [1.29, 1.82) is 5.41 Å². The predicted molar refractivity (Wildman–Crippen MR) is 129 cm³/mol. The Hall–Kier alpha value is -3.40. The number of rotatable bonds is 8. The quantitative estimate of drug-likeness (QED) is 0.385. The lowest BCUT2D eigenvalue weighted by molar-refractivity contribution is 0.926. The Labute approximate surface area is 184 Å². The molecular formula is C27H30N4. The first-order valence-corrected chi connectivity index (χ1v) is 11.0. The van der Waals surface area contributed by atoms with Crippen LogP contribution in [-0.2, 0) is 25.7 Å². The Kier molecular flexibility index (Phi) is 6.46. The van der Waals surface area contributed by atoms with Crippen molar-refractivity contribution in [2.45, 2.75) is 32.6 Å². The van der Waals surface area contributed by atoms with Gasteiger partial charge in [-0.15, -0.1) is 0 Å². The summed E-state index contributed by atoms with van der Waals surface area (Å²) in [6, 6.07) is 23.7. The molecule has 0 aromatic heterocycles. The number of amidine groups is 2. The number of aliphatic imine (C=N–C) groups is 1. The molecule has 4 N–H and O–H groups in total. The van der Waals surface area contributed by atoms with Gasteiger partial charge in [0.25, 0.3) is 0 Å². The number of nitrogens with one attached hydrogen (secondary N) is 2. The average molecular weight is 411 g/mol. The molecule has 0 unspecified atom stereocenters. The van der Waals surface area contributed by atoms with Crippen LogP contribution in [0.5, 0.6) is 0 Å². The van der Waals surface area contributed by atoms with Crippen molar-refractivity contribution in [3.63, 3.8) is 0 Å². The van der Waals surface area contributed by atoms with E-state index in [-0.39, 0.29) is 5.84 Å². The highest BCUT2D eigenvalue weighted by molar-refractivity contribution is 5.99. The molecule has 1 aliphatic heterocycles. The molecule has 0 spiro atoms. The van der Waals surface area contributed by atoms with Gasteiger partial charge in [-0.25, -0.2) is 0 Å². The third-order valence-corrected chi connectivity index (χ3v) is 5.77. The van der Waals surface area contributed by atoms with E-state index in [1.54, 1.807) is 0 Å². The molecule has 0 fully saturated rings. The molecular weight excluding hydrogens is 380 g/mol. The topological polar surface area (TPSA) is 74.3 Å². The van der Waals surface area contributed by atoms with Gasteiger partial charge in [-0.05, 0) is 54.9 Å². The van der Waals surface area contributed by atoms with E-state index in [0.717, 1.165) is 50.2 Å². The summed E-state index contributed by atoms with van der Waals surface area (Å²) in [5.74, 6) is 1.14. The van der Waals surface area contributed by atoms with Gasteiger partial charge in [0.2, 0.25) is 0 Å². The monoisotopic (exact) mass is 410 g/mol. The summed E-state index contributed by atoms with van der Waals surface area (Å²) in [7, 11) is 0. The molecule has 3 aromatic rings. The molecule has 4 nitrogen and oxygen atoms in total. The third kappa shape index (κ3) is 5.60. The molecule has 1 aliphatic rings. The zero-order valence-electron chi connectivity index (χ0n) is 18.1. The highest BCUT2D eigenvalue weighted by atomic mass is 15.1. The number of hydrogen-bond donors (Lipinski definition) is 3. The second kappa shape index (κ2) is 9.61. The highest BCUT2D eigenvalue weighted by Gasteiger charge is 2.08. The van der Waals surface area contributed by atoms with Crippen molar-refractivity contribution < 1.29 is 0 Å². The molecule has 0 aliphatic carbocycles. The van der Waals surface area contributed by atoms with E-state index in [0.29, 0.717) is 0 Å². The Morgan fingerprint density at radius 2 is 1.39 bits per heavy atom. The van der Waals surface area contributed by atoms with Crippen LogP contribution >= 0.6 is 0 Å². The Morgan fingerprint density at radius 1 is 0.839 bits per heavy atom. The number of nitrogens with zero attached hydrogens (tertiary/aromatic N) is 1.